The number of methoxy groups -OCH3 is 2. The summed E-state index contributed by atoms with van der Waals surface area (Å²) in [6.45, 7) is 3.84. The van der Waals surface area contributed by atoms with E-state index in [1.807, 2.05) is 19.9 Å². The lowest BCUT2D eigenvalue weighted by atomic mass is 10.1. The number of hydrogen-bond donors (Lipinski definition) is 1. The van der Waals surface area contributed by atoms with Crippen LogP contribution in [0, 0.1) is 11.3 Å². The zero-order chi connectivity index (χ0) is 19.8. The quantitative estimate of drug-likeness (QED) is 0.591. The van der Waals surface area contributed by atoms with Crippen molar-refractivity contribution in [1.29, 1.82) is 5.26 Å². The third kappa shape index (κ3) is 5.25. The van der Waals surface area contributed by atoms with Crippen LogP contribution in [0.25, 0.3) is 6.08 Å². The van der Waals surface area contributed by atoms with E-state index in [0.29, 0.717) is 28.5 Å². The number of ether oxygens (including phenoxy) is 3. The predicted octanol–water partition coefficient (Wildman–Crippen LogP) is 4.04. The highest BCUT2D eigenvalue weighted by Gasteiger charge is 2.13. The minimum absolute atomic E-state index is 0.00147. The van der Waals surface area contributed by atoms with Crippen LogP contribution >= 0.6 is 0 Å². The van der Waals surface area contributed by atoms with Gasteiger partial charge in [0.05, 0.1) is 26.0 Å². The van der Waals surface area contributed by atoms with E-state index in [1.54, 1.807) is 42.5 Å². The second-order valence-electron chi connectivity index (χ2n) is 5.90. The highest BCUT2D eigenvalue weighted by molar-refractivity contribution is 6.10. The first-order chi connectivity index (χ1) is 13.0. The zero-order valence-corrected chi connectivity index (χ0v) is 15.8. The van der Waals surface area contributed by atoms with Crippen molar-refractivity contribution in [3.05, 3.63) is 53.6 Å². The van der Waals surface area contributed by atoms with E-state index in [9.17, 15) is 10.1 Å². The van der Waals surface area contributed by atoms with Gasteiger partial charge in [0.1, 0.15) is 17.4 Å². The summed E-state index contributed by atoms with van der Waals surface area (Å²) in [5, 5.41) is 12.1. The van der Waals surface area contributed by atoms with Crippen LogP contribution in [0.4, 0.5) is 5.69 Å². The molecule has 0 aliphatic rings. The molecule has 27 heavy (non-hydrogen) atoms. The molecule has 0 aliphatic heterocycles. The average molecular weight is 366 g/mol. The van der Waals surface area contributed by atoms with Crippen LogP contribution in [0.3, 0.4) is 0 Å². The second kappa shape index (κ2) is 9.30. The fourth-order valence-electron chi connectivity index (χ4n) is 2.38. The molecule has 1 N–H and O–H groups in total. The summed E-state index contributed by atoms with van der Waals surface area (Å²) in [7, 11) is 3.05. The number of benzene rings is 2. The molecule has 140 valence electrons. The molecule has 6 heteroatoms. The van der Waals surface area contributed by atoms with Gasteiger partial charge in [0.15, 0.2) is 11.5 Å². The first kappa shape index (κ1) is 19.9. The third-order valence-corrected chi connectivity index (χ3v) is 3.58. The molecule has 2 aromatic carbocycles. The van der Waals surface area contributed by atoms with Crippen molar-refractivity contribution in [3.63, 3.8) is 0 Å². The van der Waals surface area contributed by atoms with Crippen LogP contribution in [0.15, 0.2) is 48.0 Å². The Hall–Kier alpha value is -3.46. The molecule has 0 unspecified atom stereocenters. The number of rotatable bonds is 7. The molecular formula is C21H22N2O4. The highest BCUT2D eigenvalue weighted by atomic mass is 16.5. The average Bonchev–Trinajstić information content (AvgIpc) is 2.66. The van der Waals surface area contributed by atoms with Crippen LogP contribution in [0.1, 0.15) is 19.4 Å². The summed E-state index contributed by atoms with van der Waals surface area (Å²) in [5.74, 6) is 1.12. The van der Waals surface area contributed by atoms with Crippen molar-refractivity contribution in [1.82, 2.24) is 0 Å². The molecule has 0 aliphatic carbocycles. The monoisotopic (exact) mass is 366 g/mol. The first-order valence-corrected chi connectivity index (χ1v) is 8.39. The second-order valence-corrected chi connectivity index (χ2v) is 5.90. The first-order valence-electron chi connectivity index (χ1n) is 8.39. The van der Waals surface area contributed by atoms with E-state index in [1.165, 1.54) is 20.3 Å². The van der Waals surface area contributed by atoms with Gasteiger partial charge in [-0.05, 0) is 49.8 Å². The molecule has 0 atom stereocenters. The summed E-state index contributed by atoms with van der Waals surface area (Å²) in [6.07, 6.45) is 1.49. The van der Waals surface area contributed by atoms with Gasteiger partial charge >= 0.3 is 0 Å². The van der Waals surface area contributed by atoms with Gasteiger partial charge in [0.25, 0.3) is 5.91 Å². The summed E-state index contributed by atoms with van der Waals surface area (Å²) in [6, 6.07) is 14.1. The van der Waals surface area contributed by atoms with Crippen molar-refractivity contribution in [2.45, 2.75) is 20.0 Å². The van der Waals surface area contributed by atoms with Crippen LogP contribution in [-0.4, -0.2) is 26.2 Å². The topological polar surface area (TPSA) is 80.6 Å². The molecule has 6 nitrogen and oxygen atoms in total. The van der Waals surface area contributed by atoms with Crippen molar-refractivity contribution in [3.8, 4) is 23.3 Å². The minimum Gasteiger partial charge on any atom is -0.495 e. The smallest absolute Gasteiger partial charge is 0.266 e. The minimum atomic E-state index is -0.525. The van der Waals surface area contributed by atoms with Crippen molar-refractivity contribution >= 4 is 17.7 Å². The van der Waals surface area contributed by atoms with Gasteiger partial charge in [-0.2, -0.15) is 5.26 Å². The highest BCUT2D eigenvalue weighted by Crippen LogP contribution is 2.30. The van der Waals surface area contributed by atoms with E-state index in [0.717, 1.165) is 0 Å². The number of para-hydroxylation sites is 2. The number of nitriles is 1. The maximum Gasteiger partial charge on any atom is 0.266 e. The summed E-state index contributed by atoms with van der Waals surface area (Å²) < 4.78 is 16.2. The van der Waals surface area contributed by atoms with E-state index < -0.39 is 5.91 Å². The molecule has 0 aromatic heterocycles. The van der Waals surface area contributed by atoms with Crippen molar-refractivity contribution < 1.29 is 19.0 Å². The molecule has 0 fully saturated rings. The van der Waals surface area contributed by atoms with Crippen LogP contribution in [-0.2, 0) is 4.79 Å². The van der Waals surface area contributed by atoms with Gasteiger partial charge in [-0.25, -0.2) is 0 Å². The lowest BCUT2D eigenvalue weighted by molar-refractivity contribution is -0.112. The normalized spacial score (nSPS) is 10.9. The molecule has 2 rings (SSSR count). The largest absolute Gasteiger partial charge is 0.495 e. The zero-order valence-electron chi connectivity index (χ0n) is 15.8. The molecule has 1 amide bonds. The summed E-state index contributed by atoms with van der Waals surface area (Å²) in [5.41, 5.74) is 1.10. The molecule has 0 bridgehead atoms. The van der Waals surface area contributed by atoms with Gasteiger partial charge in [0.2, 0.25) is 0 Å². The van der Waals surface area contributed by atoms with Gasteiger partial charge in [-0.3, -0.25) is 4.79 Å². The molecule has 0 radical (unpaired) electrons. The summed E-state index contributed by atoms with van der Waals surface area (Å²) >= 11 is 0. The fourth-order valence-corrected chi connectivity index (χ4v) is 2.38. The summed E-state index contributed by atoms with van der Waals surface area (Å²) in [4.78, 5) is 12.5. The molecule has 0 spiro atoms. The van der Waals surface area contributed by atoms with E-state index in [2.05, 4.69) is 5.32 Å². The molecule has 0 saturated carbocycles. The fraction of sp³-hybridized carbons (Fsp3) is 0.238. The molecule has 2 aromatic rings. The Morgan fingerprint density at radius 3 is 2.41 bits per heavy atom. The number of carbonyl (C=O) groups is 1. The standard InChI is InChI=1S/C21H22N2O4/c1-14(2)27-19-10-9-15(12-20(19)26-4)11-16(13-22)21(24)23-17-7-5-6-8-18(17)25-3/h5-12,14H,1-4H3,(H,23,24). The number of carbonyl (C=O) groups excluding carboxylic acids is 1. The Kier molecular flexibility index (Phi) is 6.84. The maximum atomic E-state index is 12.5. The number of amides is 1. The van der Waals surface area contributed by atoms with Gasteiger partial charge in [-0.1, -0.05) is 18.2 Å². The number of hydrogen-bond acceptors (Lipinski definition) is 5. The van der Waals surface area contributed by atoms with Gasteiger partial charge < -0.3 is 19.5 Å². The van der Waals surface area contributed by atoms with E-state index in [-0.39, 0.29) is 11.7 Å². The van der Waals surface area contributed by atoms with E-state index >= 15 is 0 Å². The Morgan fingerprint density at radius 2 is 1.78 bits per heavy atom. The predicted molar refractivity (Wildman–Crippen MR) is 104 cm³/mol. The van der Waals surface area contributed by atoms with Crippen LogP contribution in [0.5, 0.6) is 17.2 Å². The number of nitrogens with zero attached hydrogens (tertiary/aromatic N) is 1. The molecule has 0 heterocycles. The lowest BCUT2D eigenvalue weighted by Gasteiger charge is -2.14. The number of nitrogens with one attached hydrogen (secondary N) is 1. The van der Waals surface area contributed by atoms with Crippen molar-refractivity contribution in [2.24, 2.45) is 0 Å². The maximum absolute atomic E-state index is 12.5. The third-order valence-electron chi connectivity index (χ3n) is 3.58. The van der Waals surface area contributed by atoms with Gasteiger partial charge in [-0.15, -0.1) is 0 Å². The molecule has 0 saturated heterocycles. The van der Waals surface area contributed by atoms with Crippen LogP contribution < -0.4 is 19.5 Å². The van der Waals surface area contributed by atoms with Crippen molar-refractivity contribution in [2.75, 3.05) is 19.5 Å². The SMILES string of the molecule is COc1ccccc1NC(=O)C(C#N)=Cc1ccc(OC(C)C)c(OC)c1. The lowest BCUT2D eigenvalue weighted by Crippen LogP contribution is -2.14. The van der Waals surface area contributed by atoms with E-state index in [4.69, 9.17) is 14.2 Å². The van der Waals surface area contributed by atoms with Crippen LogP contribution in [0.2, 0.25) is 0 Å². The Morgan fingerprint density at radius 1 is 1.07 bits per heavy atom. The Labute approximate surface area is 159 Å². The number of anilines is 1. The Balaban J connectivity index is 2.27. The van der Waals surface area contributed by atoms with Gasteiger partial charge in [0, 0.05) is 0 Å². The molecular weight excluding hydrogens is 344 g/mol. The Bertz CT molecular complexity index is 882.